The Labute approximate surface area is 56.6 Å². The molecule has 2 heteroatoms. The van der Waals surface area contributed by atoms with Crippen LogP contribution in [0.4, 0.5) is 0 Å². The lowest BCUT2D eigenvalue weighted by molar-refractivity contribution is 0.363. The quantitative estimate of drug-likeness (QED) is 0.567. The van der Waals surface area contributed by atoms with Gasteiger partial charge in [0.1, 0.15) is 0 Å². The first kappa shape index (κ1) is 7.03. The third kappa shape index (κ3) is 2.33. The van der Waals surface area contributed by atoms with Gasteiger partial charge in [0.15, 0.2) is 0 Å². The van der Waals surface area contributed by atoms with Gasteiger partial charge in [-0.1, -0.05) is 6.92 Å². The van der Waals surface area contributed by atoms with E-state index in [0.29, 0.717) is 12.1 Å². The summed E-state index contributed by atoms with van der Waals surface area (Å²) in [4.78, 5) is 0. The molecule has 54 valence electrons. The highest BCUT2D eigenvalue weighted by Gasteiger charge is 2.24. The van der Waals surface area contributed by atoms with Crippen molar-refractivity contribution in [3.8, 4) is 0 Å². The van der Waals surface area contributed by atoms with Crippen LogP contribution in [0.2, 0.25) is 0 Å². The van der Waals surface area contributed by atoms with E-state index in [0.717, 1.165) is 6.61 Å². The number of hydrogen-bond acceptors (Lipinski definition) is 2. The molecular formula is C7H15NO. The molecule has 0 bridgehead atoms. The van der Waals surface area contributed by atoms with E-state index in [9.17, 15) is 0 Å². The number of ether oxygens (including phenoxy) is 1. The van der Waals surface area contributed by atoms with Gasteiger partial charge in [-0.05, 0) is 19.9 Å². The minimum Gasteiger partial charge on any atom is -0.373 e. The molecule has 0 aliphatic carbocycles. The molecule has 0 saturated carbocycles. The van der Waals surface area contributed by atoms with Gasteiger partial charge >= 0.3 is 0 Å². The fourth-order valence-corrected chi connectivity index (χ4v) is 1.01. The smallest absolute Gasteiger partial charge is 0.0824 e. The zero-order chi connectivity index (χ0) is 6.69. The Hall–Kier alpha value is -0.0800. The molecule has 0 amide bonds. The maximum Gasteiger partial charge on any atom is 0.0824 e. The first-order chi connectivity index (χ1) is 4.36. The van der Waals surface area contributed by atoms with Crippen LogP contribution in [0.15, 0.2) is 0 Å². The van der Waals surface area contributed by atoms with Crippen LogP contribution in [0.3, 0.4) is 0 Å². The summed E-state index contributed by atoms with van der Waals surface area (Å²) in [5, 5.41) is 3.24. The molecule has 9 heavy (non-hydrogen) atoms. The van der Waals surface area contributed by atoms with E-state index < -0.39 is 0 Å². The second-order valence-corrected chi connectivity index (χ2v) is 2.58. The van der Waals surface area contributed by atoms with Gasteiger partial charge in [0.2, 0.25) is 0 Å². The van der Waals surface area contributed by atoms with Crippen LogP contribution in [0.25, 0.3) is 0 Å². The van der Waals surface area contributed by atoms with Crippen LogP contribution in [0, 0.1) is 0 Å². The summed E-state index contributed by atoms with van der Waals surface area (Å²) in [5.74, 6) is 0. The minimum absolute atomic E-state index is 0.572. The zero-order valence-corrected chi connectivity index (χ0v) is 6.18. The zero-order valence-electron chi connectivity index (χ0n) is 6.18. The molecule has 0 radical (unpaired) electrons. The van der Waals surface area contributed by atoms with Crippen LogP contribution >= 0.6 is 0 Å². The lowest BCUT2D eigenvalue weighted by Crippen LogP contribution is -2.25. The molecule has 0 spiro atoms. The predicted octanol–water partition coefficient (Wildman–Crippen LogP) is 0.773. The van der Waals surface area contributed by atoms with Gasteiger partial charge in [0.25, 0.3) is 0 Å². The molecule has 2 atom stereocenters. The molecule has 1 heterocycles. The van der Waals surface area contributed by atoms with Crippen molar-refractivity contribution in [2.24, 2.45) is 0 Å². The van der Waals surface area contributed by atoms with E-state index >= 15 is 0 Å². The summed E-state index contributed by atoms with van der Waals surface area (Å²) >= 11 is 0. The first-order valence-electron chi connectivity index (χ1n) is 3.65. The third-order valence-corrected chi connectivity index (χ3v) is 1.85. The Morgan fingerprint density at radius 1 is 1.78 bits per heavy atom. The Morgan fingerprint density at radius 2 is 2.44 bits per heavy atom. The van der Waals surface area contributed by atoms with E-state index in [2.05, 4.69) is 12.2 Å². The van der Waals surface area contributed by atoms with E-state index in [4.69, 9.17) is 4.74 Å². The molecule has 1 aliphatic rings. The Morgan fingerprint density at radius 3 is 2.78 bits per heavy atom. The molecule has 2 unspecified atom stereocenters. The Kier molecular flexibility index (Phi) is 2.49. The molecular weight excluding hydrogens is 114 g/mol. The number of rotatable bonds is 4. The van der Waals surface area contributed by atoms with Crippen molar-refractivity contribution in [1.29, 1.82) is 0 Å². The molecule has 1 N–H and O–H groups in total. The summed E-state index contributed by atoms with van der Waals surface area (Å²) < 4.78 is 5.10. The predicted molar refractivity (Wildman–Crippen MR) is 37.5 cm³/mol. The van der Waals surface area contributed by atoms with Gasteiger partial charge in [0, 0.05) is 6.04 Å². The van der Waals surface area contributed by atoms with Crippen molar-refractivity contribution in [1.82, 2.24) is 5.32 Å². The number of hydrogen-bond donors (Lipinski definition) is 1. The van der Waals surface area contributed by atoms with Crippen LogP contribution < -0.4 is 5.32 Å². The van der Waals surface area contributed by atoms with Crippen molar-refractivity contribution in [3.05, 3.63) is 0 Å². The van der Waals surface area contributed by atoms with Gasteiger partial charge < -0.3 is 10.1 Å². The standard InChI is InChI=1S/C7H15NO/c1-3-6(8-2)4-7-5-9-7/h6-8H,3-5H2,1-2H3. The highest BCUT2D eigenvalue weighted by molar-refractivity contribution is 4.76. The summed E-state index contributed by atoms with van der Waals surface area (Å²) in [6.45, 7) is 3.18. The monoisotopic (exact) mass is 129 g/mol. The molecule has 0 aromatic heterocycles. The van der Waals surface area contributed by atoms with Gasteiger partial charge in [-0.15, -0.1) is 0 Å². The van der Waals surface area contributed by atoms with Gasteiger partial charge in [-0.3, -0.25) is 0 Å². The number of nitrogens with one attached hydrogen (secondary N) is 1. The van der Waals surface area contributed by atoms with E-state index in [1.54, 1.807) is 0 Å². The topological polar surface area (TPSA) is 24.6 Å². The minimum atomic E-state index is 0.572. The molecule has 0 aromatic carbocycles. The second kappa shape index (κ2) is 3.18. The molecule has 2 nitrogen and oxygen atoms in total. The number of epoxide rings is 1. The molecule has 1 rings (SSSR count). The third-order valence-electron chi connectivity index (χ3n) is 1.85. The lowest BCUT2D eigenvalue weighted by atomic mass is 10.1. The summed E-state index contributed by atoms with van der Waals surface area (Å²) in [6.07, 6.45) is 2.96. The summed E-state index contributed by atoms with van der Waals surface area (Å²) in [6, 6.07) is 0.664. The normalized spacial score (nSPS) is 28.0. The van der Waals surface area contributed by atoms with Crippen molar-refractivity contribution < 1.29 is 4.74 Å². The Balaban J connectivity index is 2.05. The average Bonchev–Trinajstić information content (AvgIpc) is 2.66. The average molecular weight is 129 g/mol. The van der Waals surface area contributed by atoms with Gasteiger partial charge in [0.05, 0.1) is 12.7 Å². The van der Waals surface area contributed by atoms with Gasteiger partial charge in [-0.2, -0.15) is 0 Å². The summed E-state index contributed by atoms with van der Waals surface area (Å²) in [5.41, 5.74) is 0. The molecule has 1 aliphatic heterocycles. The van der Waals surface area contributed by atoms with Gasteiger partial charge in [-0.25, -0.2) is 0 Å². The molecule has 0 aromatic rings. The van der Waals surface area contributed by atoms with E-state index in [-0.39, 0.29) is 0 Å². The second-order valence-electron chi connectivity index (χ2n) is 2.58. The van der Waals surface area contributed by atoms with Crippen LogP contribution in [0.1, 0.15) is 19.8 Å². The molecule has 1 saturated heterocycles. The highest BCUT2D eigenvalue weighted by Crippen LogP contribution is 2.16. The maximum atomic E-state index is 5.10. The SMILES string of the molecule is CCC(CC1CO1)NC. The van der Waals surface area contributed by atoms with Crippen LogP contribution in [0.5, 0.6) is 0 Å². The molecule has 1 fully saturated rings. The van der Waals surface area contributed by atoms with Crippen LogP contribution in [-0.4, -0.2) is 25.8 Å². The lowest BCUT2D eigenvalue weighted by Gasteiger charge is -2.10. The van der Waals surface area contributed by atoms with Crippen molar-refractivity contribution >= 4 is 0 Å². The highest BCUT2D eigenvalue weighted by atomic mass is 16.6. The van der Waals surface area contributed by atoms with Crippen molar-refractivity contribution in [3.63, 3.8) is 0 Å². The van der Waals surface area contributed by atoms with E-state index in [1.807, 2.05) is 7.05 Å². The van der Waals surface area contributed by atoms with Crippen LogP contribution in [-0.2, 0) is 4.74 Å². The Bertz CT molecular complexity index is 77.0. The maximum absolute atomic E-state index is 5.10. The first-order valence-corrected chi connectivity index (χ1v) is 3.65. The fourth-order valence-electron chi connectivity index (χ4n) is 1.01. The van der Waals surface area contributed by atoms with Crippen molar-refractivity contribution in [2.75, 3.05) is 13.7 Å². The van der Waals surface area contributed by atoms with Crippen molar-refractivity contribution in [2.45, 2.75) is 31.9 Å². The fraction of sp³-hybridized carbons (Fsp3) is 1.00. The summed E-state index contributed by atoms with van der Waals surface area (Å²) in [7, 11) is 2.01. The largest absolute Gasteiger partial charge is 0.373 e. The van der Waals surface area contributed by atoms with E-state index in [1.165, 1.54) is 12.8 Å².